The average Bonchev–Trinajstić information content (AvgIpc) is 2.35. The van der Waals surface area contributed by atoms with Crippen molar-refractivity contribution < 1.29 is 4.74 Å². The molecule has 0 saturated carbocycles. The van der Waals surface area contributed by atoms with Gasteiger partial charge in [0.1, 0.15) is 5.75 Å². The van der Waals surface area contributed by atoms with Crippen LogP contribution < -0.4 is 4.74 Å². The summed E-state index contributed by atoms with van der Waals surface area (Å²) in [5.41, 5.74) is 0. The molecule has 0 aliphatic rings. The van der Waals surface area contributed by atoms with E-state index in [0.29, 0.717) is 0 Å². The maximum atomic E-state index is 5.82. The number of ether oxygens (including phenoxy) is 1. The lowest BCUT2D eigenvalue weighted by Gasteiger charge is -2.08. The number of hydrogen-bond acceptors (Lipinski definition) is 1. The molecular weight excluding hydrogens is 196 g/mol. The van der Waals surface area contributed by atoms with Gasteiger partial charge in [-0.1, -0.05) is 56.2 Å². The van der Waals surface area contributed by atoms with Crippen molar-refractivity contribution in [3.05, 3.63) is 42.5 Å². The van der Waals surface area contributed by atoms with Gasteiger partial charge in [-0.25, -0.2) is 0 Å². The van der Waals surface area contributed by atoms with E-state index in [2.05, 4.69) is 43.3 Å². The van der Waals surface area contributed by atoms with Crippen LogP contribution in [0, 0.1) is 0 Å². The summed E-state index contributed by atoms with van der Waals surface area (Å²) in [6.45, 7) is 3.03. The third kappa shape index (κ3) is 2.54. The molecule has 0 saturated heterocycles. The molecule has 2 aromatic carbocycles. The van der Waals surface area contributed by atoms with Crippen LogP contribution in [-0.4, -0.2) is 6.61 Å². The third-order valence-corrected chi connectivity index (χ3v) is 2.76. The molecular formula is C15H18O. The summed E-state index contributed by atoms with van der Waals surface area (Å²) in [6.07, 6.45) is 3.61. The highest BCUT2D eigenvalue weighted by Gasteiger charge is 2.00. The first kappa shape index (κ1) is 11.0. The summed E-state index contributed by atoms with van der Waals surface area (Å²) < 4.78 is 5.82. The van der Waals surface area contributed by atoms with Crippen LogP contribution in [0.5, 0.6) is 5.75 Å². The van der Waals surface area contributed by atoms with Gasteiger partial charge in [0, 0.05) is 5.39 Å². The molecule has 0 atom stereocenters. The first-order valence-electron chi connectivity index (χ1n) is 6.02. The molecule has 0 bridgehead atoms. The van der Waals surface area contributed by atoms with Crippen molar-refractivity contribution in [2.24, 2.45) is 0 Å². The third-order valence-electron chi connectivity index (χ3n) is 2.76. The first-order chi connectivity index (χ1) is 7.92. The van der Waals surface area contributed by atoms with E-state index in [-0.39, 0.29) is 0 Å². The molecule has 1 nitrogen and oxygen atoms in total. The molecule has 0 radical (unpaired) electrons. The minimum atomic E-state index is 0.821. The number of benzene rings is 2. The average molecular weight is 214 g/mol. The molecule has 0 amide bonds. The molecule has 16 heavy (non-hydrogen) atoms. The van der Waals surface area contributed by atoms with Crippen molar-refractivity contribution in [2.75, 3.05) is 6.61 Å². The molecule has 0 unspecified atom stereocenters. The Kier molecular flexibility index (Phi) is 3.81. The van der Waals surface area contributed by atoms with Gasteiger partial charge in [0.15, 0.2) is 0 Å². The van der Waals surface area contributed by atoms with Crippen molar-refractivity contribution >= 4 is 10.8 Å². The van der Waals surface area contributed by atoms with Crippen molar-refractivity contribution in [2.45, 2.75) is 26.2 Å². The Balaban J connectivity index is 2.11. The van der Waals surface area contributed by atoms with Crippen LogP contribution in [0.4, 0.5) is 0 Å². The lowest BCUT2D eigenvalue weighted by atomic mass is 10.1. The van der Waals surface area contributed by atoms with Crippen LogP contribution in [0.15, 0.2) is 42.5 Å². The summed E-state index contributed by atoms with van der Waals surface area (Å²) >= 11 is 0. The summed E-state index contributed by atoms with van der Waals surface area (Å²) in [6, 6.07) is 14.6. The molecule has 2 rings (SSSR count). The van der Waals surface area contributed by atoms with E-state index in [1.807, 2.05) is 6.07 Å². The fourth-order valence-corrected chi connectivity index (χ4v) is 1.86. The molecule has 0 N–H and O–H groups in total. The fourth-order valence-electron chi connectivity index (χ4n) is 1.86. The SMILES string of the molecule is CCCCCOc1cccc2ccccc12. The second kappa shape index (κ2) is 5.55. The van der Waals surface area contributed by atoms with Gasteiger partial charge in [0.2, 0.25) is 0 Å². The summed E-state index contributed by atoms with van der Waals surface area (Å²) in [7, 11) is 0. The van der Waals surface area contributed by atoms with Crippen molar-refractivity contribution in [3.8, 4) is 5.75 Å². The van der Waals surface area contributed by atoms with Crippen LogP contribution in [0.2, 0.25) is 0 Å². The Morgan fingerprint density at radius 2 is 1.75 bits per heavy atom. The number of rotatable bonds is 5. The van der Waals surface area contributed by atoms with E-state index < -0.39 is 0 Å². The number of unbranched alkanes of at least 4 members (excludes halogenated alkanes) is 2. The molecule has 2 aromatic rings. The summed E-state index contributed by atoms with van der Waals surface area (Å²) in [4.78, 5) is 0. The Labute approximate surface area is 97.1 Å². The van der Waals surface area contributed by atoms with Crippen molar-refractivity contribution in [1.82, 2.24) is 0 Å². The minimum absolute atomic E-state index is 0.821. The highest BCUT2D eigenvalue weighted by Crippen LogP contribution is 2.25. The Bertz CT molecular complexity index is 443. The van der Waals surface area contributed by atoms with E-state index in [1.54, 1.807) is 0 Å². The molecule has 0 aliphatic heterocycles. The molecule has 0 aromatic heterocycles. The molecule has 0 spiro atoms. The van der Waals surface area contributed by atoms with E-state index in [9.17, 15) is 0 Å². The summed E-state index contributed by atoms with van der Waals surface area (Å²) in [5, 5.41) is 2.46. The van der Waals surface area contributed by atoms with Crippen LogP contribution >= 0.6 is 0 Å². The molecule has 0 fully saturated rings. The molecule has 0 aliphatic carbocycles. The van der Waals surface area contributed by atoms with Gasteiger partial charge in [-0.2, -0.15) is 0 Å². The second-order valence-electron chi connectivity index (χ2n) is 4.03. The maximum Gasteiger partial charge on any atom is 0.127 e. The van der Waals surface area contributed by atoms with Gasteiger partial charge in [-0.3, -0.25) is 0 Å². The van der Waals surface area contributed by atoms with E-state index in [0.717, 1.165) is 18.8 Å². The monoisotopic (exact) mass is 214 g/mol. The standard InChI is InChI=1S/C15H18O/c1-2-3-6-12-16-15-11-7-9-13-8-4-5-10-14(13)15/h4-5,7-11H,2-3,6,12H2,1H3. The number of fused-ring (bicyclic) bond motifs is 1. The topological polar surface area (TPSA) is 9.23 Å². The van der Waals surface area contributed by atoms with Crippen LogP contribution in [-0.2, 0) is 0 Å². The van der Waals surface area contributed by atoms with Gasteiger partial charge < -0.3 is 4.74 Å². The van der Waals surface area contributed by atoms with Crippen LogP contribution in [0.1, 0.15) is 26.2 Å². The van der Waals surface area contributed by atoms with Gasteiger partial charge in [-0.05, 0) is 17.9 Å². The van der Waals surface area contributed by atoms with E-state index in [4.69, 9.17) is 4.74 Å². The second-order valence-corrected chi connectivity index (χ2v) is 4.03. The van der Waals surface area contributed by atoms with Gasteiger partial charge >= 0.3 is 0 Å². The Morgan fingerprint density at radius 3 is 2.62 bits per heavy atom. The van der Waals surface area contributed by atoms with Crippen LogP contribution in [0.3, 0.4) is 0 Å². The molecule has 1 heteroatoms. The first-order valence-corrected chi connectivity index (χ1v) is 6.02. The lowest BCUT2D eigenvalue weighted by Crippen LogP contribution is -1.97. The van der Waals surface area contributed by atoms with E-state index >= 15 is 0 Å². The van der Waals surface area contributed by atoms with Crippen molar-refractivity contribution in [3.63, 3.8) is 0 Å². The zero-order chi connectivity index (χ0) is 11.2. The quantitative estimate of drug-likeness (QED) is 0.670. The maximum absolute atomic E-state index is 5.82. The predicted molar refractivity (Wildman–Crippen MR) is 69.0 cm³/mol. The minimum Gasteiger partial charge on any atom is -0.493 e. The van der Waals surface area contributed by atoms with E-state index in [1.165, 1.54) is 23.6 Å². The fraction of sp³-hybridized carbons (Fsp3) is 0.333. The highest BCUT2D eigenvalue weighted by molar-refractivity contribution is 5.88. The normalized spacial score (nSPS) is 10.6. The molecule has 0 heterocycles. The van der Waals surface area contributed by atoms with Crippen LogP contribution in [0.25, 0.3) is 10.8 Å². The van der Waals surface area contributed by atoms with Gasteiger partial charge in [0.05, 0.1) is 6.61 Å². The summed E-state index contributed by atoms with van der Waals surface area (Å²) in [5.74, 6) is 1.01. The van der Waals surface area contributed by atoms with Gasteiger partial charge in [0.25, 0.3) is 0 Å². The smallest absolute Gasteiger partial charge is 0.127 e. The predicted octanol–water partition coefficient (Wildman–Crippen LogP) is 4.41. The highest BCUT2D eigenvalue weighted by atomic mass is 16.5. The zero-order valence-electron chi connectivity index (χ0n) is 9.78. The molecule has 84 valence electrons. The van der Waals surface area contributed by atoms with Crippen molar-refractivity contribution in [1.29, 1.82) is 0 Å². The number of hydrogen-bond donors (Lipinski definition) is 0. The lowest BCUT2D eigenvalue weighted by molar-refractivity contribution is 0.310. The Morgan fingerprint density at radius 1 is 0.938 bits per heavy atom. The Hall–Kier alpha value is -1.50. The largest absolute Gasteiger partial charge is 0.493 e. The zero-order valence-corrected chi connectivity index (χ0v) is 9.78. The van der Waals surface area contributed by atoms with Gasteiger partial charge in [-0.15, -0.1) is 0 Å².